The fraction of sp³-hybridized carbons (Fsp3) is 0.409. The second kappa shape index (κ2) is 11.3. The van der Waals surface area contributed by atoms with Gasteiger partial charge in [-0.2, -0.15) is 0 Å². The number of benzene rings is 2. The standard InChI is InChI=1S/C22H30FN3O2/c1-4-26(5-2)21(18-9-7-11-20(15-18)28-3)16-25-22(27)24-13-12-17-8-6-10-19(23)14-17/h6-11,14-15,21H,4-5,12-13,16H2,1-3H3,(H2,24,25,27). The number of halogens is 1. The molecule has 0 aliphatic heterocycles. The molecule has 152 valence electrons. The van der Waals surface area contributed by atoms with Crippen molar-refractivity contribution in [3.63, 3.8) is 0 Å². The van der Waals surface area contributed by atoms with Crippen LogP contribution in [0.2, 0.25) is 0 Å². The average molecular weight is 387 g/mol. The van der Waals surface area contributed by atoms with Crippen molar-refractivity contribution in [3.05, 3.63) is 65.5 Å². The molecule has 0 aromatic heterocycles. The number of urea groups is 1. The zero-order valence-electron chi connectivity index (χ0n) is 16.9. The van der Waals surface area contributed by atoms with E-state index in [1.165, 1.54) is 12.1 Å². The van der Waals surface area contributed by atoms with E-state index in [1.807, 2.05) is 24.3 Å². The summed E-state index contributed by atoms with van der Waals surface area (Å²) in [4.78, 5) is 14.5. The van der Waals surface area contributed by atoms with Gasteiger partial charge in [0.15, 0.2) is 0 Å². The highest BCUT2D eigenvalue weighted by atomic mass is 19.1. The van der Waals surface area contributed by atoms with Gasteiger partial charge < -0.3 is 15.4 Å². The maximum absolute atomic E-state index is 13.2. The summed E-state index contributed by atoms with van der Waals surface area (Å²) in [5, 5.41) is 5.80. The van der Waals surface area contributed by atoms with Gasteiger partial charge in [0.1, 0.15) is 11.6 Å². The van der Waals surface area contributed by atoms with Gasteiger partial charge in [0.25, 0.3) is 0 Å². The second-order valence-electron chi connectivity index (χ2n) is 6.53. The lowest BCUT2D eigenvalue weighted by Crippen LogP contribution is -2.42. The van der Waals surface area contributed by atoms with Gasteiger partial charge in [0.2, 0.25) is 0 Å². The Bertz CT molecular complexity index is 750. The third kappa shape index (κ3) is 6.53. The summed E-state index contributed by atoms with van der Waals surface area (Å²) in [5.74, 6) is 0.538. The van der Waals surface area contributed by atoms with Crippen molar-refractivity contribution >= 4 is 6.03 Å². The molecule has 6 heteroatoms. The number of methoxy groups -OCH3 is 1. The highest BCUT2D eigenvalue weighted by molar-refractivity contribution is 5.73. The van der Waals surface area contributed by atoms with Crippen molar-refractivity contribution in [1.29, 1.82) is 0 Å². The van der Waals surface area contributed by atoms with E-state index in [2.05, 4.69) is 35.4 Å². The molecular weight excluding hydrogens is 357 g/mol. The summed E-state index contributed by atoms with van der Waals surface area (Å²) in [6.45, 7) is 6.90. The minimum absolute atomic E-state index is 0.0547. The molecule has 0 spiro atoms. The van der Waals surface area contributed by atoms with Gasteiger partial charge in [0, 0.05) is 13.1 Å². The molecule has 5 nitrogen and oxygen atoms in total. The van der Waals surface area contributed by atoms with Crippen LogP contribution in [0, 0.1) is 5.82 Å². The van der Waals surface area contributed by atoms with Gasteiger partial charge in [-0.15, -0.1) is 0 Å². The van der Waals surface area contributed by atoms with Crippen LogP contribution in [0.15, 0.2) is 48.5 Å². The number of nitrogens with one attached hydrogen (secondary N) is 2. The average Bonchev–Trinajstić information content (AvgIpc) is 2.71. The number of nitrogens with zero attached hydrogens (tertiary/aromatic N) is 1. The molecule has 2 rings (SSSR count). The Balaban J connectivity index is 1.91. The van der Waals surface area contributed by atoms with Gasteiger partial charge in [-0.1, -0.05) is 38.1 Å². The molecule has 2 amide bonds. The van der Waals surface area contributed by atoms with Gasteiger partial charge in [0.05, 0.1) is 13.2 Å². The van der Waals surface area contributed by atoms with Gasteiger partial charge in [-0.3, -0.25) is 4.90 Å². The fourth-order valence-electron chi connectivity index (χ4n) is 3.24. The number of carbonyl (C=O) groups excluding carboxylic acids is 1. The Kier molecular flexibility index (Phi) is 8.75. The van der Waals surface area contributed by atoms with E-state index in [0.29, 0.717) is 19.5 Å². The summed E-state index contributed by atoms with van der Waals surface area (Å²) in [7, 11) is 1.65. The molecule has 1 atom stereocenters. The van der Waals surface area contributed by atoms with Crippen LogP contribution < -0.4 is 15.4 Å². The normalized spacial score (nSPS) is 11.9. The van der Waals surface area contributed by atoms with Crippen molar-refractivity contribution in [2.45, 2.75) is 26.3 Å². The summed E-state index contributed by atoms with van der Waals surface area (Å²) in [6, 6.07) is 14.2. The van der Waals surface area contributed by atoms with Crippen LogP contribution in [0.5, 0.6) is 5.75 Å². The van der Waals surface area contributed by atoms with Crippen LogP contribution in [-0.2, 0) is 6.42 Å². The lowest BCUT2D eigenvalue weighted by Gasteiger charge is -2.30. The van der Waals surface area contributed by atoms with Crippen LogP contribution in [0.3, 0.4) is 0 Å². The molecule has 0 aliphatic rings. The molecule has 0 saturated heterocycles. The minimum Gasteiger partial charge on any atom is -0.497 e. The molecule has 2 aromatic carbocycles. The Morgan fingerprint density at radius 1 is 1.11 bits per heavy atom. The number of carbonyl (C=O) groups is 1. The molecule has 0 fully saturated rings. The minimum atomic E-state index is -0.262. The number of rotatable bonds is 10. The lowest BCUT2D eigenvalue weighted by atomic mass is 10.0. The number of hydrogen-bond acceptors (Lipinski definition) is 3. The molecule has 0 aliphatic carbocycles. The maximum atomic E-state index is 13.2. The lowest BCUT2D eigenvalue weighted by molar-refractivity contribution is 0.206. The molecule has 0 saturated carbocycles. The first kappa shape index (κ1) is 21.7. The quantitative estimate of drug-likeness (QED) is 0.653. The van der Waals surface area contributed by atoms with Crippen molar-refractivity contribution in [3.8, 4) is 5.75 Å². The van der Waals surface area contributed by atoms with Crippen molar-refractivity contribution in [2.24, 2.45) is 0 Å². The largest absolute Gasteiger partial charge is 0.497 e. The third-order valence-corrected chi connectivity index (χ3v) is 4.78. The first-order valence-corrected chi connectivity index (χ1v) is 9.71. The summed E-state index contributed by atoms with van der Waals surface area (Å²) >= 11 is 0. The maximum Gasteiger partial charge on any atom is 0.314 e. The Labute approximate surface area is 166 Å². The fourth-order valence-corrected chi connectivity index (χ4v) is 3.24. The van der Waals surface area contributed by atoms with Crippen LogP contribution in [0.1, 0.15) is 31.0 Å². The number of amides is 2. The van der Waals surface area contributed by atoms with Crippen molar-refractivity contribution < 1.29 is 13.9 Å². The van der Waals surface area contributed by atoms with Gasteiger partial charge >= 0.3 is 6.03 Å². The van der Waals surface area contributed by atoms with Crippen molar-refractivity contribution in [2.75, 3.05) is 33.3 Å². The molecule has 0 heterocycles. The first-order chi connectivity index (χ1) is 13.6. The van der Waals surface area contributed by atoms with E-state index >= 15 is 0 Å². The molecule has 0 radical (unpaired) electrons. The van der Waals surface area contributed by atoms with E-state index in [4.69, 9.17) is 4.74 Å². The van der Waals surface area contributed by atoms with E-state index < -0.39 is 0 Å². The van der Waals surface area contributed by atoms with Crippen LogP contribution >= 0.6 is 0 Å². The van der Waals surface area contributed by atoms with Crippen LogP contribution in [0.4, 0.5) is 9.18 Å². The van der Waals surface area contributed by atoms with Gasteiger partial charge in [-0.05, 0) is 54.9 Å². The molecule has 28 heavy (non-hydrogen) atoms. The SMILES string of the molecule is CCN(CC)C(CNC(=O)NCCc1cccc(F)c1)c1cccc(OC)c1. The molecule has 2 aromatic rings. The summed E-state index contributed by atoms with van der Waals surface area (Å²) in [5.41, 5.74) is 1.96. The zero-order valence-corrected chi connectivity index (χ0v) is 16.9. The zero-order chi connectivity index (χ0) is 20.4. The van der Waals surface area contributed by atoms with E-state index in [9.17, 15) is 9.18 Å². The van der Waals surface area contributed by atoms with Gasteiger partial charge in [-0.25, -0.2) is 9.18 Å². The number of ether oxygens (including phenoxy) is 1. The smallest absolute Gasteiger partial charge is 0.314 e. The van der Waals surface area contributed by atoms with Crippen LogP contribution in [-0.4, -0.2) is 44.2 Å². The van der Waals surface area contributed by atoms with Crippen LogP contribution in [0.25, 0.3) is 0 Å². The molecule has 2 N–H and O–H groups in total. The first-order valence-electron chi connectivity index (χ1n) is 9.71. The Morgan fingerprint density at radius 3 is 2.54 bits per heavy atom. The number of hydrogen-bond donors (Lipinski definition) is 2. The number of likely N-dealkylation sites (N-methyl/N-ethyl adjacent to an activating group) is 1. The molecular formula is C22H30FN3O2. The summed E-state index contributed by atoms with van der Waals surface area (Å²) in [6.07, 6.45) is 0.584. The topological polar surface area (TPSA) is 53.6 Å². The molecule has 0 bridgehead atoms. The Morgan fingerprint density at radius 2 is 1.86 bits per heavy atom. The van der Waals surface area contributed by atoms with E-state index in [0.717, 1.165) is 30.0 Å². The third-order valence-electron chi connectivity index (χ3n) is 4.78. The highest BCUT2D eigenvalue weighted by Crippen LogP contribution is 2.23. The van der Waals surface area contributed by atoms with E-state index in [1.54, 1.807) is 13.2 Å². The highest BCUT2D eigenvalue weighted by Gasteiger charge is 2.19. The Hall–Kier alpha value is -2.60. The predicted octanol–water partition coefficient (Wildman–Crippen LogP) is 3.76. The van der Waals surface area contributed by atoms with Crippen molar-refractivity contribution in [1.82, 2.24) is 15.5 Å². The predicted molar refractivity (Wildman–Crippen MR) is 110 cm³/mol. The second-order valence-corrected chi connectivity index (χ2v) is 6.53. The summed E-state index contributed by atoms with van der Waals surface area (Å²) < 4.78 is 18.5. The van der Waals surface area contributed by atoms with E-state index in [-0.39, 0.29) is 17.9 Å². The molecule has 1 unspecified atom stereocenters. The monoisotopic (exact) mass is 387 g/mol.